The van der Waals surface area contributed by atoms with Crippen LogP contribution in [0.5, 0.6) is 5.75 Å². The SMILES string of the molecule is CCCC(=O)OC1(c2ccccc2)CN(C(=O)C(Cc2ccc(OC)cc2)NC(=O)NCCc2cnc[nH]2)C1. The fourth-order valence-corrected chi connectivity index (χ4v) is 4.61. The number of rotatable bonds is 12. The number of imidazole rings is 1. The highest BCUT2D eigenvalue weighted by Gasteiger charge is 2.51. The lowest BCUT2D eigenvalue weighted by atomic mass is 9.84. The van der Waals surface area contributed by atoms with Crippen LogP contribution in [0.25, 0.3) is 0 Å². The minimum Gasteiger partial charge on any atom is -0.497 e. The first kappa shape index (κ1) is 27.7. The van der Waals surface area contributed by atoms with Gasteiger partial charge in [0.25, 0.3) is 0 Å². The molecule has 1 aliphatic heterocycles. The molecule has 3 N–H and O–H groups in total. The summed E-state index contributed by atoms with van der Waals surface area (Å²) in [5.41, 5.74) is 1.71. The molecular formula is C29H35N5O5. The number of aromatic nitrogens is 2. The molecule has 1 unspecified atom stereocenters. The van der Waals surface area contributed by atoms with Crippen molar-refractivity contribution in [2.24, 2.45) is 0 Å². The van der Waals surface area contributed by atoms with Crippen molar-refractivity contribution in [3.8, 4) is 5.75 Å². The van der Waals surface area contributed by atoms with E-state index in [4.69, 9.17) is 9.47 Å². The third kappa shape index (κ3) is 7.16. The van der Waals surface area contributed by atoms with Crippen LogP contribution < -0.4 is 15.4 Å². The van der Waals surface area contributed by atoms with Crippen LogP contribution in [0.3, 0.4) is 0 Å². The maximum Gasteiger partial charge on any atom is 0.315 e. The van der Waals surface area contributed by atoms with Crippen LogP contribution in [0.4, 0.5) is 4.79 Å². The standard InChI is InChI=1S/C29H35N5O5/c1-3-7-26(35)39-29(22-8-5-4-6-9-22)18-34(19-29)27(36)25(16-21-10-12-24(38-2)13-11-21)33-28(37)31-15-14-23-17-30-20-32-23/h4-6,8-13,17,20,25H,3,7,14-16,18-19H2,1-2H3,(H,30,32)(H2,31,33,37). The van der Waals surface area contributed by atoms with E-state index in [0.29, 0.717) is 38.0 Å². The van der Waals surface area contributed by atoms with Gasteiger partial charge in [0.15, 0.2) is 5.60 Å². The van der Waals surface area contributed by atoms with Gasteiger partial charge in [-0.3, -0.25) is 9.59 Å². The van der Waals surface area contributed by atoms with Crippen molar-refractivity contribution >= 4 is 17.9 Å². The quantitative estimate of drug-likeness (QED) is 0.308. The summed E-state index contributed by atoms with van der Waals surface area (Å²) in [6.45, 7) is 2.73. The fraction of sp³-hybridized carbons (Fsp3) is 0.379. The smallest absolute Gasteiger partial charge is 0.315 e. The molecule has 2 aromatic carbocycles. The van der Waals surface area contributed by atoms with Gasteiger partial charge in [-0.1, -0.05) is 49.4 Å². The second-order valence-corrected chi connectivity index (χ2v) is 9.61. The molecule has 39 heavy (non-hydrogen) atoms. The number of nitrogens with one attached hydrogen (secondary N) is 3. The van der Waals surface area contributed by atoms with Gasteiger partial charge in [0, 0.05) is 37.7 Å². The van der Waals surface area contributed by atoms with Crippen molar-refractivity contribution in [2.45, 2.75) is 44.2 Å². The van der Waals surface area contributed by atoms with Gasteiger partial charge in [-0.05, 0) is 29.7 Å². The molecular weight excluding hydrogens is 498 g/mol. The van der Waals surface area contributed by atoms with Crippen LogP contribution in [-0.4, -0.2) is 65.6 Å². The minimum atomic E-state index is -0.903. The number of likely N-dealkylation sites (tertiary alicyclic amines) is 1. The van der Waals surface area contributed by atoms with E-state index in [9.17, 15) is 14.4 Å². The number of hydrogen-bond acceptors (Lipinski definition) is 6. The molecule has 0 bridgehead atoms. The Bertz CT molecular complexity index is 1220. The number of aromatic amines is 1. The van der Waals surface area contributed by atoms with Crippen LogP contribution in [0, 0.1) is 0 Å². The summed E-state index contributed by atoms with van der Waals surface area (Å²) in [6.07, 6.45) is 5.14. The third-order valence-corrected chi connectivity index (χ3v) is 6.70. The lowest BCUT2D eigenvalue weighted by Gasteiger charge is -2.50. The van der Waals surface area contributed by atoms with Gasteiger partial charge in [0.1, 0.15) is 11.8 Å². The van der Waals surface area contributed by atoms with E-state index in [1.54, 1.807) is 24.5 Å². The van der Waals surface area contributed by atoms with Crippen LogP contribution in [0.1, 0.15) is 36.6 Å². The zero-order chi connectivity index (χ0) is 27.7. The van der Waals surface area contributed by atoms with Crippen molar-refractivity contribution < 1.29 is 23.9 Å². The molecule has 0 saturated carbocycles. The molecule has 10 heteroatoms. The van der Waals surface area contributed by atoms with Crippen molar-refractivity contribution in [1.29, 1.82) is 0 Å². The zero-order valence-electron chi connectivity index (χ0n) is 22.3. The highest BCUT2D eigenvalue weighted by molar-refractivity contribution is 5.88. The number of carbonyl (C=O) groups is 3. The lowest BCUT2D eigenvalue weighted by molar-refractivity contribution is -0.189. The second kappa shape index (κ2) is 12.9. The number of benzene rings is 2. The van der Waals surface area contributed by atoms with E-state index in [1.165, 1.54) is 0 Å². The molecule has 1 aliphatic rings. The number of hydrogen-bond donors (Lipinski definition) is 3. The highest BCUT2D eigenvalue weighted by Crippen LogP contribution is 2.37. The van der Waals surface area contributed by atoms with Gasteiger partial charge in [0.2, 0.25) is 5.91 Å². The lowest BCUT2D eigenvalue weighted by Crippen LogP contribution is -2.66. The van der Waals surface area contributed by atoms with Crippen molar-refractivity contribution in [3.63, 3.8) is 0 Å². The van der Waals surface area contributed by atoms with Crippen LogP contribution in [0.15, 0.2) is 67.1 Å². The van der Waals surface area contributed by atoms with Gasteiger partial charge in [0.05, 0.1) is 26.5 Å². The van der Waals surface area contributed by atoms with Crippen molar-refractivity contribution in [3.05, 3.63) is 83.9 Å². The molecule has 3 amide bonds. The first-order valence-electron chi connectivity index (χ1n) is 13.1. The van der Waals surface area contributed by atoms with Crippen molar-refractivity contribution in [1.82, 2.24) is 25.5 Å². The van der Waals surface area contributed by atoms with Gasteiger partial charge < -0.3 is 30.0 Å². The van der Waals surface area contributed by atoms with Gasteiger partial charge in [-0.2, -0.15) is 0 Å². The summed E-state index contributed by atoms with van der Waals surface area (Å²) in [5.74, 6) is 0.168. The van der Waals surface area contributed by atoms with Gasteiger partial charge in [-0.15, -0.1) is 0 Å². The maximum atomic E-state index is 13.7. The molecule has 4 rings (SSSR count). The first-order valence-corrected chi connectivity index (χ1v) is 13.1. The van der Waals surface area contributed by atoms with Crippen LogP contribution in [-0.2, 0) is 32.8 Å². The third-order valence-electron chi connectivity index (χ3n) is 6.70. The Labute approximate surface area is 228 Å². The predicted molar refractivity (Wildman–Crippen MR) is 145 cm³/mol. The molecule has 206 valence electrons. The Morgan fingerprint density at radius 2 is 1.85 bits per heavy atom. The molecule has 0 radical (unpaired) electrons. The zero-order valence-corrected chi connectivity index (χ0v) is 22.3. The number of carbonyl (C=O) groups excluding carboxylic acids is 3. The number of esters is 1. The maximum absolute atomic E-state index is 13.7. The van der Waals surface area contributed by atoms with E-state index < -0.39 is 17.7 Å². The Morgan fingerprint density at radius 1 is 1.10 bits per heavy atom. The molecule has 2 heterocycles. The fourth-order valence-electron chi connectivity index (χ4n) is 4.61. The van der Waals surface area contributed by atoms with E-state index in [2.05, 4.69) is 20.6 Å². The Balaban J connectivity index is 1.46. The second-order valence-electron chi connectivity index (χ2n) is 9.61. The largest absolute Gasteiger partial charge is 0.497 e. The molecule has 1 atom stereocenters. The summed E-state index contributed by atoms with van der Waals surface area (Å²) >= 11 is 0. The van der Waals surface area contributed by atoms with E-state index in [-0.39, 0.29) is 25.0 Å². The average Bonchev–Trinajstić information content (AvgIpc) is 3.44. The van der Waals surface area contributed by atoms with Gasteiger partial charge in [-0.25, -0.2) is 9.78 Å². The molecule has 1 aromatic heterocycles. The first-order chi connectivity index (χ1) is 18.9. The van der Waals surface area contributed by atoms with Crippen LogP contribution >= 0.6 is 0 Å². The van der Waals surface area contributed by atoms with Crippen LogP contribution in [0.2, 0.25) is 0 Å². The average molecular weight is 534 g/mol. The Kier molecular flexibility index (Phi) is 9.19. The number of amides is 3. The monoisotopic (exact) mass is 533 g/mol. The van der Waals surface area contributed by atoms with Gasteiger partial charge >= 0.3 is 12.0 Å². The number of H-pyrrole nitrogens is 1. The molecule has 0 aliphatic carbocycles. The molecule has 1 saturated heterocycles. The molecule has 1 fully saturated rings. The summed E-state index contributed by atoms with van der Waals surface area (Å²) in [7, 11) is 1.59. The van der Waals surface area contributed by atoms with E-state index in [0.717, 1.165) is 16.8 Å². The Hall–Kier alpha value is -4.34. The topological polar surface area (TPSA) is 126 Å². The van der Waals surface area contributed by atoms with E-state index in [1.807, 2.05) is 61.5 Å². The minimum absolute atomic E-state index is 0.216. The highest BCUT2D eigenvalue weighted by atomic mass is 16.6. The molecule has 3 aromatic rings. The normalized spacial score (nSPS) is 14.6. The predicted octanol–water partition coefficient (Wildman–Crippen LogP) is 2.95. The van der Waals surface area contributed by atoms with Crippen molar-refractivity contribution in [2.75, 3.05) is 26.7 Å². The summed E-state index contributed by atoms with van der Waals surface area (Å²) < 4.78 is 11.2. The number of nitrogens with zero attached hydrogens (tertiary/aromatic N) is 2. The molecule has 10 nitrogen and oxygen atoms in total. The number of urea groups is 1. The molecule has 0 spiro atoms. The Morgan fingerprint density at radius 3 is 2.49 bits per heavy atom. The summed E-state index contributed by atoms with van der Waals surface area (Å²) in [4.78, 5) is 47.5. The summed E-state index contributed by atoms with van der Waals surface area (Å²) in [5, 5.41) is 5.65. The number of ether oxygens (including phenoxy) is 2. The van der Waals surface area contributed by atoms with E-state index >= 15 is 0 Å². The summed E-state index contributed by atoms with van der Waals surface area (Å²) in [6, 6.07) is 15.6. The number of methoxy groups -OCH3 is 1.